The van der Waals surface area contributed by atoms with Crippen molar-refractivity contribution in [1.29, 1.82) is 0 Å². The third-order valence-corrected chi connectivity index (χ3v) is 4.07. The summed E-state index contributed by atoms with van der Waals surface area (Å²) >= 11 is 0. The van der Waals surface area contributed by atoms with Crippen molar-refractivity contribution < 1.29 is 17.6 Å². The molecule has 0 heterocycles. The molecular formula is C14H12FNO3S. The molecule has 2 rings (SSSR count). The number of sulfonamides is 1. The maximum absolute atomic E-state index is 13.4. The van der Waals surface area contributed by atoms with E-state index in [2.05, 4.69) is 4.72 Å². The summed E-state index contributed by atoms with van der Waals surface area (Å²) in [7, 11) is -3.77. The van der Waals surface area contributed by atoms with Crippen LogP contribution < -0.4 is 4.72 Å². The SMILES string of the molecule is O=C(CNS(=O)(=O)c1ccccc1)c1ccccc1F. The minimum atomic E-state index is -3.77. The number of benzene rings is 2. The second-order valence-corrected chi connectivity index (χ2v) is 5.81. The highest BCUT2D eigenvalue weighted by Crippen LogP contribution is 2.09. The van der Waals surface area contributed by atoms with E-state index in [4.69, 9.17) is 0 Å². The van der Waals surface area contributed by atoms with Crippen molar-refractivity contribution in [3.8, 4) is 0 Å². The second-order valence-electron chi connectivity index (χ2n) is 4.04. The Morgan fingerprint density at radius 1 is 1.00 bits per heavy atom. The first kappa shape index (κ1) is 14.4. The maximum atomic E-state index is 13.4. The van der Waals surface area contributed by atoms with Crippen molar-refractivity contribution in [2.75, 3.05) is 6.54 Å². The lowest BCUT2D eigenvalue weighted by molar-refractivity contribution is 0.0993. The summed E-state index contributed by atoms with van der Waals surface area (Å²) in [6.45, 7) is -0.488. The van der Waals surface area contributed by atoms with Crippen LogP contribution >= 0.6 is 0 Å². The fourth-order valence-electron chi connectivity index (χ4n) is 1.63. The zero-order chi connectivity index (χ0) is 14.6. The fourth-order valence-corrected chi connectivity index (χ4v) is 2.63. The number of rotatable bonds is 5. The van der Waals surface area contributed by atoms with Gasteiger partial charge >= 0.3 is 0 Å². The smallest absolute Gasteiger partial charge is 0.240 e. The van der Waals surface area contributed by atoms with Crippen molar-refractivity contribution in [3.05, 3.63) is 66.0 Å². The molecule has 0 aliphatic heterocycles. The van der Waals surface area contributed by atoms with Crippen LogP contribution in [0.5, 0.6) is 0 Å². The molecule has 0 radical (unpaired) electrons. The van der Waals surface area contributed by atoms with Crippen LogP contribution in [0.4, 0.5) is 4.39 Å². The lowest BCUT2D eigenvalue weighted by Crippen LogP contribution is -2.30. The Kier molecular flexibility index (Phi) is 4.26. The summed E-state index contributed by atoms with van der Waals surface area (Å²) in [5.74, 6) is -1.29. The van der Waals surface area contributed by atoms with Crippen LogP contribution in [0.1, 0.15) is 10.4 Å². The van der Waals surface area contributed by atoms with E-state index in [0.717, 1.165) is 6.07 Å². The molecule has 0 amide bonds. The molecule has 0 saturated carbocycles. The van der Waals surface area contributed by atoms with Crippen LogP contribution in [-0.2, 0) is 10.0 Å². The highest BCUT2D eigenvalue weighted by atomic mass is 32.2. The number of ketones is 1. The number of hydrogen-bond donors (Lipinski definition) is 1. The number of nitrogens with one attached hydrogen (secondary N) is 1. The lowest BCUT2D eigenvalue weighted by Gasteiger charge is -2.06. The fraction of sp³-hybridized carbons (Fsp3) is 0.0714. The third-order valence-electron chi connectivity index (χ3n) is 2.65. The zero-order valence-electron chi connectivity index (χ0n) is 10.4. The molecule has 2 aromatic rings. The van der Waals surface area contributed by atoms with Gasteiger partial charge in [-0.15, -0.1) is 0 Å². The van der Waals surface area contributed by atoms with E-state index in [9.17, 15) is 17.6 Å². The Balaban J connectivity index is 2.10. The van der Waals surface area contributed by atoms with Gasteiger partial charge in [0.1, 0.15) is 5.82 Å². The quantitative estimate of drug-likeness (QED) is 0.857. The van der Waals surface area contributed by atoms with E-state index in [1.165, 1.54) is 30.3 Å². The van der Waals surface area contributed by atoms with Gasteiger partial charge in [0, 0.05) is 0 Å². The first-order valence-electron chi connectivity index (χ1n) is 5.83. The summed E-state index contributed by atoms with van der Waals surface area (Å²) in [4.78, 5) is 11.8. The van der Waals surface area contributed by atoms with Gasteiger partial charge in [-0.2, -0.15) is 0 Å². The van der Waals surface area contributed by atoms with E-state index in [-0.39, 0.29) is 10.5 Å². The second kappa shape index (κ2) is 5.94. The van der Waals surface area contributed by atoms with Gasteiger partial charge in [-0.05, 0) is 24.3 Å². The number of carbonyl (C=O) groups excluding carboxylic acids is 1. The monoisotopic (exact) mass is 293 g/mol. The molecule has 0 aliphatic carbocycles. The molecule has 2 aromatic carbocycles. The molecular weight excluding hydrogens is 281 g/mol. The number of carbonyl (C=O) groups is 1. The Labute approximate surface area is 116 Å². The van der Waals surface area contributed by atoms with Crippen molar-refractivity contribution in [1.82, 2.24) is 4.72 Å². The van der Waals surface area contributed by atoms with Crippen LogP contribution in [0.2, 0.25) is 0 Å². The molecule has 0 atom stereocenters. The Morgan fingerprint density at radius 3 is 2.25 bits per heavy atom. The molecule has 6 heteroatoms. The summed E-state index contributed by atoms with van der Waals surface area (Å²) in [5, 5.41) is 0. The molecule has 0 bridgehead atoms. The Morgan fingerprint density at radius 2 is 1.60 bits per heavy atom. The molecule has 0 unspecified atom stereocenters. The van der Waals surface area contributed by atoms with Gasteiger partial charge < -0.3 is 0 Å². The highest BCUT2D eigenvalue weighted by Gasteiger charge is 2.17. The van der Waals surface area contributed by atoms with Crippen molar-refractivity contribution >= 4 is 15.8 Å². The van der Waals surface area contributed by atoms with Crippen molar-refractivity contribution in [2.45, 2.75) is 4.90 Å². The summed E-state index contributed by atoms with van der Waals surface area (Å²) in [6.07, 6.45) is 0. The molecule has 0 saturated heterocycles. The maximum Gasteiger partial charge on any atom is 0.240 e. The summed E-state index contributed by atoms with van der Waals surface area (Å²) in [6, 6.07) is 13.1. The van der Waals surface area contributed by atoms with Crippen LogP contribution in [0.25, 0.3) is 0 Å². The summed E-state index contributed by atoms with van der Waals surface area (Å²) < 4.78 is 39.3. The van der Waals surface area contributed by atoms with Crippen LogP contribution in [0.3, 0.4) is 0 Å². The normalized spacial score (nSPS) is 11.2. The van der Waals surface area contributed by atoms with Gasteiger partial charge in [-0.3, -0.25) is 4.79 Å². The lowest BCUT2D eigenvalue weighted by atomic mass is 10.1. The van der Waals surface area contributed by atoms with Gasteiger partial charge in [0.25, 0.3) is 0 Å². The van der Waals surface area contributed by atoms with Gasteiger partial charge in [-0.1, -0.05) is 30.3 Å². The van der Waals surface area contributed by atoms with Crippen LogP contribution in [-0.4, -0.2) is 20.7 Å². The van der Waals surface area contributed by atoms with Gasteiger partial charge in [0.05, 0.1) is 17.0 Å². The minimum Gasteiger partial charge on any atom is -0.293 e. The molecule has 0 aliphatic rings. The third kappa shape index (κ3) is 3.28. The van der Waals surface area contributed by atoms with Gasteiger partial charge in [-0.25, -0.2) is 17.5 Å². The van der Waals surface area contributed by atoms with Gasteiger partial charge in [0.15, 0.2) is 5.78 Å². The standard InChI is InChI=1S/C14H12FNO3S/c15-13-9-5-4-8-12(13)14(17)10-16-20(18,19)11-6-2-1-3-7-11/h1-9,16H,10H2. The topological polar surface area (TPSA) is 63.2 Å². The summed E-state index contributed by atoms with van der Waals surface area (Å²) in [5.41, 5.74) is -0.136. The average molecular weight is 293 g/mol. The molecule has 1 N–H and O–H groups in total. The predicted molar refractivity (Wildman–Crippen MR) is 72.4 cm³/mol. The molecule has 0 aromatic heterocycles. The van der Waals surface area contributed by atoms with E-state index in [1.54, 1.807) is 18.2 Å². The minimum absolute atomic E-state index is 0.0568. The first-order chi connectivity index (χ1) is 9.50. The number of halogens is 1. The number of Topliss-reactive ketones (excluding diaryl/α,β-unsaturated/α-hetero) is 1. The van der Waals surface area contributed by atoms with Crippen LogP contribution in [0.15, 0.2) is 59.5 Å². The highest BCUT2D eigenvalue weighted by molar-refractivity contribution is 7.89. The van der Waals surface area contributed by atoms with E-state index in [0.29, 0.717) is 0 Å². The predicted octanol–water partition coefficient (Wildman–Crippen LogP) is 1.99. The molecule has 4 nitrogen and oxygen atoms in total. The van der Waals surface area contributed by atoms with Crippen LogP contribution in [0, 0.1) is 5.82 Å². The molecule has 0 fully saturated rings. The van der Waals surface area contributed by atoms with Crippen molar-refractivity contribution in [3.63, 3.8) is 0 Å². The van der Waals surface area contributed by atoms with E-state index < -0.39 is 28.2 Å². The van der Waals surface area contributed by atoms with E-state index >= 15 is 0 Å². The first-order valence-corrected chi connectivity index (χ1v) is 7.31. The van der Waals surface area contributed by atoms with E-state index in [1.807, 2.05) is 0 Å². The van der Waals surface area contributed by atoms with Gasteiger partial charge in [0.2, 0.25) is 10.0 Å². The Hall–Kier alpha value is -2.05. The number of hydrogen-bond acceptors (Lipinski definition) is 3. The largest absolute Gasteiger partial charge is 0.293 e. The Bertz CT molecular complexity index is 714. The molecule has 104 valence electrons. The average Bonchev–Trinajstić information content (AvgIpc) is 2.46. The molecule has 20 heavy (non-hydrogen) atoms. The van der Waals surface area contributed by atoms with Crippen molar-refractivity contribution in [2.24, 2.45) is 0 Å². The molecule has 0 spiro atoms. The zero-order valence-corrected chi connectivity index (χ0v) is 11.2.